The number of hydrogen-bond acceptors (Lipinski definition) is 6. The van der Waals surface area contributed by atoms with E-state index in [9.17, 15) is 38.0 Å². The number of nitro benzene ring substituents is 1. The van der Waals surface area contributed by atoms with Gasteiger partial charge in [-0.3, -0.25) is 19.9 Å². The summed E-state index contributed by atoms with van der Waals surface area (Å²) in [4.78, 5) is 39.0. The lowest BCUT2D eigenvalue weighted by Gasteiger charge is -2.44. The van der Waals surface area contributed by atoms with Crippen molar-refractivity contribution in [3.8, 4) is 0 Å². The molecule has 1 aromatic heterocycles. The number of benzene rings is 1. The summed E-state index contributed by atoms with van der Waals surface area (Å²) in [5.41, 5.74) is -5.23. The third-order valence-corrected chi connectivity index (χ3v) is 4.50. The van der Waals surface area contributed by atoms with Gasteiger partial charge in [-0.25, -0.2) is 4.79 Å². The van der Waals surface area contributed by atoms with Gasteiger partial charge in [0.15, 0.2) is 5.78 Å². The SMILES string of the molecule is O=C1N[C@H](c2ccccc2[N+](=O)[O-])[C@@H](C(=O)c2cccnc2)[C@](O)(C(F)(F)F)N1. The molecule has 0 aliphatic carbocycles. The van der Waals surface area contributed by atoms with Gasteiger partial charge < -0.3 is 15.7 Å². The number of nitrogens with zero attached hydrogens (tertiary/aromatic N) is 2. The van der Waals surface area contributed by atoms with Gasteiger partial charge >= 0.3 is 12.2 Å². The Bertz CT molecular complexity index is 969. The summed E-state index contributed by atoms with van der Waals surface area (Å²) in [5, 5.41) is 25.2. The predicted molar refractivity (Wildman–Crippen MR) is 90.6 cm³/mol. The number of urea groups is 1. The average molecular weight is 410 g/mol. The Morgan fingerprint density at radius 1 is 1.24 bits per heavy atom. The van der Waals surface area contributed by atoms with E-state index in [1.54, 1.807) is 0 Å². The van der Waals surface area contributed by atoms with Crippen molar-refractivity contribution in [1.82, 2.24) is 15.6 Å². The summed E-state index contributed by atoms with van der Waals surface area (Å²) in [6, 6.07) is 3.89. The first-order valence-electron chi connectivity index (χ1n) is 8.11. The lowest BCUT2D eigenvalue weighted by atomic mass is 9.77. The molecule has 0 radical (unpaired) electrons. The molecule has 0 saturated carbocycles. The van der Waals surface area contributed by atoms with Crippen LogP contribution in [0, 0.1) is 16.0 Å². The zero-order valence-electron chi connectivity index (χ0n) is 14.4. The number of halogens is 3. The highest BCUT2D eigenvalue weighted by Gasteiger charge is 2.66. The van der Waals surface area contributed by atoms with Crippen LogP contribution in [0.4, 0.5) is 23.7 Å². The van der Waals surface area contributed by atoms with Crippen molar-refractivity contribution in [1.29, 1.82) is 0 Å². The van der Waals surface area contributed by atoms with E-state index in [1.807, 2.05) is 0 Å². The maximum absolute atomic E-state index is 13.8. The van der Waals surface area contributed by atoms with Gasteiger partial charge in [0.25, 0.3) is 5.69 Å². The van der Waals surface area contributed by atoms with E-state index < -0.39 is 46.3 Å². The second kappa shape index (κ2) is 7.13. The molecule has 3 N–H and O–H groups in total. The van der Waals surface area contributed by atoms with Crippen LogP contribution in [0.25, 0.3) is 0 Å². The van der Waals surface area contributed by atoms with Crippen molar-refractivity contribution >= 4 is 17.5 Å². The number of nitrogens with one attached hydrogen (secondary N) is 2. The first kappa shape index (κ1) is 20.2. The van der Waals surface area contributed by atoms with Crippen LogP contribution < -0.4 is 10.6 Å². The molecule has 1 aliphatic heterocycles. The highest BCUT2D eigenvalue weighted by molar-refractivity contribution is 6.00. The number of aromatic nitrogens is 1. The minimum absolute atomic E-state index is 0.276. The number of amides is 2. The number of ketones is 1. The van der Waals surface area contributed by atoms with Crippen LogP contribution in [0.3, 0.4) is 0 Å². The van der Waals surface area contributed by atoms with Crippen LogP contribution in [0.2, 0.25) is 0 Å². The molecule has 1 fully saturated rings. The molecule has 3 atom stereocenters. The zero-order valence-corrected chi connectivity index (χ0v) is 14.4. The van der Waals surface area contributed by atoms with E-state index in [2.05, 4.69) is 10.3 Å². The number of carbonyl (C=O) groups is 2. The highest BCUT2D eigenvalue weighted by atomic mass is 19.4. The first-order valence-corrected chi connectivity index (χ1v) is 8.11. The number of rotatable bonds is 4. The smallest absolute Gasteiger partial charge is 0.363 e. The van der Waals surface area contributed by atoms with E-state index in [1.165, 1.54) is 35.8 Å². The lowest BCUT2D eigenvalue weighted by molar-refractivity contribution is -0.386. The van der Waals surface area contributed by atoms with Crippen LogP contribution in [0.5, 0.6) is 0 Å². The van der Waals surface area contributed by atoms with Gasteiger partial charge in [0, 0.05) is 24.0 Å². The van der Waals surface area contributed by atoms with Crippen LogP contribution in [0.1, 0.15) is 22.0 Å². The van der Waals surface area contributed by atoms with Gasteiger partial charge in [-0.2, -0.15) is 13.2 Å². The van der Waals surface area contributed by atoms with Crippen LogP contribution >= 0.6 is 0 Å². The molecule has 3 rings (SSSR count). The van der Waals surface area contributed by atoms with Crippen molar-refractivity contribution in [2.45, 2.75) is 17.9 Å². The Hall–Kier alpha value is -3.54. The summed E-state index contributed by atoms with van der Waals surface area (Å²) < 4.78 is 41.3. The van der Waals surface area contributed by atoms with Gasteiger partial charge in [0.2, 0.25) is 5.72 Å². The number of nitro groups is 1. The third-order valence-electron chi connectivity index (χ3n) is 4.50. The molecule has 0 bridgehead atoms. The summed E-state index contributed by atoms with van der Waals surface area (Å²) in [6.45, 7) is 0. The van der Waals surface area contributed by atoms with Crippen LogP contribution in [0.15, 0.2) is 48.8 Å². The number of Topliss-reactive ketones (excluding diaryl/α,β-unsaturated/α-hetero) is 1. The molecule has 2 aromatic rings. The number of hydrogen-bond donors (Lipinski definition) is 3. The summed E-state index contributed by atoms with van der Waals surface area (Å²) >= 11 is 0. The molecule has 152 valence electrons. The molecule has 1 aliphatic rings. The largest absolute Gasteiger partial charge is 0.437 e. The maximum atomic E-state index is 13.8. The van der Waals surface area contributed by atoms with Gasteiger partial charge in [0.1, 0.15) is 5.92 Å². The quantitative estimate of drug-likeness (QED) is 0.401. The Kier molecular flexibility index (Phi) is 4.96. The monoisotopic (exact) mass is 410 g/mol. The van der Waals surface area contributed by atoms with E-state index in [0.717, 1.165) is 18.3 Å². The van der Waals surface area contributed by atoms with Crippen LogP contribution in [-0.4, -0.2) is 38.7 Å². The predicted octanol–water partition coefficient (Wildman–Crippen LogP) is 2.09. The molecule has 0 spiro atoms. The van der Waals surface area contributed by atoms with E-state index >= 15 is 0 Å². The summed E-state index contributed by atoms with van der Waals surface area (Å²) in [5.74, 6) is -3.58. The number of carbonyl (C=O) groups excluding carboxylic acids is 2. The minimum Gasteiger partial charge on any atom is -0.363 e. The van der Waals surface area contributed by atoms with Crippen molar-refractivity contribution in [2.75, 3.05) is 0 Å². The lowest BCUT2D eigenvalue weighted by Crippen LogP contribution is -2.72. The summed E-state index contributed by atoms with van der Waals surface area (Å²) in [7, 11) is 0. The molecular weight excluding hydrogens is 397 g/mol. The molecule has 0 unspecified atom stereocenters. The summed E-state index contributed by atoms with van der Waals surface area (Å²) in [6.07, 6.45) is -3.19. The van der Waals surface area contributed by atoms with E-state index in [0.29, 0.717) is 0 Å². The standard InChI is InChI=1S/C17H13F3N4O5/c18-17(19,20)16(27)12(14(25)9-4-3-7-21-8-9)13(22-15(26)23-16)10-5-1-2-6-11(10)24(28)29/h1-8,12-13,27H,(H2,22,23,26)/t12-,13+,16-/m0/s1. The number of aliphatic hydroxyl groups is 1. The molecule has 9 nitrogen and oxygen atoms in total. The Morgan fingerprint density at radius 2 is 1.93 bits per heavy atom. The average Bonchev–Trinajstić information content (AvgIpc) is 2.66. The van der Waals surface area contributed by atoms with E-state index in [-0.39, 0.29) is 11.1 Å². The Labute approximate surface area is 160 Å². The van der Waals surface area contributed by atoms with Crippen molar-refractivity contribution in [3.63, 3.8) is 0 Å². The normalized spacial score (nSPS) is 24.3. The van der Waals surface area contributed by atoms with Gasteiger partial charge in [-0.15, -0.1) is 0 Å². The van der Waals surface area contributed by atoms with Crippen molar-refractivity contribution < 1.29 is 32.8 Å². The fourth-order valence-corrected chi connectivity index (χ4v) is 3.20. The van der Waals surface area contributed by atoms with E-state index in [4.69, 9.17) is 0 Å². The maximum Gasteiger partial charge on any atom is 0.437 e. The number of pyridine rings is 1. The minimum atomic E-state index is -5.46. The Morgan fingerprint density at radius 3 is 2.52 bits per heavy atom. The molecular formula is C17H13F3N4O5. The fraction of sp³-hybridized carbons (Fsp3) is 0.235. The third kappa shape index (κ3) is 3.49. The second-order valence-electron chi connectivity index (χ2n) is 6.24. The number of alkyl halides is 3. The Balaban J connectivity index is 2.23. The second-order valence-corrected chi connectivity index (χ2v) is 6.24. The zero-order chi connectivity index (χ0) is 21.4. The molecule has 1 saturated heterocycles. The number of para-hydroxylation sites is 1. The molecule has 29 heavy (non-hydrogen) atoms. The molecule has 2 heterocycles. The van der Waals surface area contributed by atoms with Gasteiger partial charge in [-0.1, -0.05) is 18.2 Å². The van der Waals surface area contributed by atoms with Gasteiger partial charge in [0.05, 0.1) is 16.5 Å². The highest BCUT2D eigenvalue weighted by Crippen LogP contribution is 2.45. The van der Waals surface area contributed by atoms with Crippen molar-refractivity contribution in [3.05, 3.63) is 70.0 Å². The molecule has 1 aromatic carbocycles. The molecule has 12 heteroatoms. The topological polar surface area (TPSA) is 134 Å². The van der Waals surface area contributed by atoms with Gasteiger partial charge in [-0.05, 0) is 12.1 Å². The molecule has 2 amide bonds. The van der Waals surface area contributed by atoms with Crippen molar-refractivity contribution in [2.24, 2.45) is 5.92 Å². The van der Waals surface area contributed by atoms with Crippen LogP contribution in [-0.2, 0) is 0 Å². The first-order chi connectivity index (χ1) is 13.6. The fourth-order valence-electron chi connectivity index (χ4n) is 3.20.